The standard InChI is InChI=1S/C14H32BNO/c1-9-15(13(4)10-11-16(7)8)17-14(5,6)12(2)3/h12-13H,9-11H2,1-8H3. The van der Waals surface area contributed by atoms with Gasteiger partial charge in [0.15, 0.2) is 0 Å². The lowest BCUT2D eigenvalue weighted by atomic mass is 9.53. The second kappa shape index (κ2) is 7.43. The van der Waals surface area contributed by atoms with Crippen LogP contribution in [0, 0.1) is 5.92 Å². The minimum Gasteiger partial charge on any atom is -0.431 e. The van der Waals surface area contributed by atoms with E-state index >= 15 is 0 Å². The van der Waals surface area contributed by atoms with Crippen molar-refractivity contribution in [2.75, 3.05) is 20.6 Å². The second-order valence-corrected chi connectivity index (χ2v) is 6.39. The lowest BCUT2D eigenvalue weighted by Gasteiger charge is -2.35. The maximum atomic E-state index is 6.32. The van der Waals surface area contributed by atoms with Gasteiger partial charge in [0, 0.05) is 5.60 Å². The van der Waals surface area contributed by atoms with Crippen LogP contribution < -0.4 is 0 Å². The summed E-state index contributed by atoms with van der Waals surface area (Å²) in [6.07, 6.45) is 2.31. The van der Waals surface area contributed by atoms with Crippen molar-refractivity contribution in [1.82, 2.24) is 4.90 Å². The highest BCUT2D eigenvalue weighted by Crippen LogP contribution is 2.27. The summed E-state index contributed by atoms with van der Waals surface area (Å²) in [6.45, 7) is 14.9. The van der Waals surface area contributed by atoms with E-state index in [0.29, 0.717) is 18.7 Å². The smallest absolute Gasteiger partial charge is 0.296 e. The SMILES string of the molecule is CCB(OC(C)(C)C(C)C)C(C)CCN(C)C. The molecule has 102 valence electrons. The van der Waals surface area contributed by atoms with E-state index in [9.17, 15) is 0 Å². The van der Waals surface area contributed by atoms with Crippen LogP contribution in [-0.2, 0) is 4.65 Å². The van der Waals surface area contributed by atoms with Gasteiger partial charge in [-0.15, -0.1) is 0 Å². The Hall–Kier alpha value is -0.0151. The predicted octanol–water partition coefficient (Wildman–Crippen LogP) is 3.79. The summed E-state index contributed by atoms with van der Waals surface area (Å²) in [5.74, 6) is 1.18. The van der Waals surface area contributed by atoms with E-state index in [2.05, 4.69) is 60.5 Å². The number of nitrogens with zero attached hydrogens (tertiary/aromatic N) is 1. The zero-order valence-corrected chi connectivity index (χ0v) is 13.2. The van der Waals surface area contributed by atoms with E-state index in [0.717, 1.165) is 12.9 Å². The molecule has 0 rings (SSSR count). The first kappa shape index (κ1) is 17.0. The molecule has 0 saturated heterocycles. The largest absolute Gasteiger partial charge is 0.431 e. The number of hydrogen-bond acceptors (Lipinski definition) is 2. The van der Waals surface area contributed by atoms with Crippen LogP contribution in [0.1, 0.15) is 48.0 Å². The topological polar surface area (TPSA) is 12.5 Å². The molecule has 0 bridgehead atoms. The predicted molar refractivity (Wildman–Crippen MR) is 78.8 cm³/mol. The van der Waals surface area contributed by atoms with Crippen molar-refractivity contribution < 1.29 is 4.65 Å². The summed E-state index contributed by atoms with van der Waals surface area (Å²) in [5.41, 5.74) is -0.0208. The second-order valence-electron chi connectivity index (χ2n) is 6.39. The summed E-state index contributed by atoms with van der Waals surface area (Å²) >= 11 is 0. The van der Waals surface area contributed by atoms with E-state index in [-0.39, 0.29) is 5.60 Å². The fourth-order valence-electron chi connectivity index (χ4n) is 1.78. The first-order valence-corrected chi connectivity index (χ1v) is 7.03. The van der Waals surface area contributed by atoms with Crippen molar-refractivity contribution in [3.63, 3.8) is 0 Å². The Morgan fingerprint density at radius 2 is 1.71 bits per heavy atom. The van der Waals surface area contributed by atoms with Gasteiger partial charge in [0.25, 0.3) is 6.92 Å². The summed E-state index contributed by atoms with van der Waals surface area (Å²) in [7, 11) is 4.26. The van der Waals surface area contributed by atoms with Crippen LogP contribution in [0.3, 0.4) is 0 Å². The highest BCUT2D eigenvalue weighted by molar-refractivity contribution is 6.53. The van der Waals surface area contributed by atoms with Gasteiger partial charge in [-0.25, -0.2) is 0 Å². The molecule has 0 saturated carbocycles. The average Bonchev–Trinajstić information content (AvgIpc) is 2.22. The zero-order valence-electron chi connectivity index (χ0n) is 13.2. The van der Waals surface area contributed by atoms with Gasteiger partial charge in [0.1, 0.15) is 0 Å². The van der Waals surface area contributed by atoms with Crippen LogP contribution in [-0.4, -0.2) is 38.1 Å². The fourth-order valence-corrected chi connectivity index (χ4v) is 1.78. The molecular formula is C14H32BNO. The molecule has 0 fully saturated rings. The summed E-state index contributed by atoms with van der Waals surface area (Å²) in [5, 5.41) is 0. The first-order valence-electron chi connectivity index (χ1n) is 7.03. The van der Waals surface area contributed by atoms with Gasteiger partial charge in [-0.1, -0.05) is 27.7 Å². The molecule has 0 radical (unpaired) electrons. The maximum Gasteiger partial charge on any atom is 0.296 e. The highest BCUT2D eigenvalue weighted by Gasteiger charge is 2.31. The van der Waals surface area contributed by atoms with Crippen LogP contribution in [0.2, 0.25) is 12.1 Å². The van der Waals surface area contributed by atoms with Crippen molar-refractivity contribution in [1.29, 1.82) is 0 Å². The fraction of sp³-hybridized carbons (Fsp3) is 1.00. The summed E-state index contributed by atoms with van der Waals surface area (Å²) in [4.78, 5) is 2.25. The van der Waals surface area contributed by atoms with Crippen LogP contribution in [0.4, 0.5) is 0 Å². The van der Waals surface area contributed by atoms with Crippen LogP contribution in [0.15, 0.2) is 0 Å². The Balaban J connectivity index is 4.32. The highest BCUT2D eigenvalue weighted by atomic mass is 16.5. The van der Waals surface area contributed by atoms with Crippen LogP contribution >= 0.6 is 0 Å². The quantitative estimate of drug-likeness (QED) is 0.599. The van der Waals surface area contributed by atoms with Crippen molar-refractivity contribution in [3.05, 3.63) is 0 Å². The lowest BCUT2D eigenvalue weighted by Crippen LogP contribution is -2.39. The number of rotatable bonds is 8. The first-order chi connectivity index (χ1) is 7.70. The Labute approximate surface area is 109 Å². The van der Waals surface area contributed by atoms with Crippen molar-refractivity contribution in [2.24, 2.45) is 5.92 Å². The van der Waals surface area contributed by atoms with Gasteiger partial charge in [-0.2, -0.15) is 0 Å². The monoisotopic (exact) mass is 241 g/mol. The molecule has 0 spiro atoms. The summed E-state index contributed by atoms with van der Waals surface area (Å²) < 4.78 is 6.32. The van der Waals surface area contributed by atoms with Gasteiger partial charge in [0.2, 0.25) is 0 Å². The van der Waals surface area contributed by atoms with E-state index in [1.165, 1.54) is 6.42 Å². The van der Waals surface area contributed by atoms with Crippen molar-refractivity contribution in [2.45, 2.75) is 65.7 Å². The average molecular weight is 241 g/mol. The molecule has 0 aromatic rings. The molecule has 0 N–H and O–H groups in total. The molecule has 2 nitrogen and oxygen atoms in total. The normalized spacial score (nSPS) is 14.5. The van der Waals surface area contributed by atoms with E-state index < -0.39 is 0 Å². The van der Waals surface area contributed by atoms with Crippen molar-refractivity contribution in [3.8, 4) is 0 Å². The maximum absolute atomic E-state index is 6.32. The third kappa shape index (κ3) is 6.47. The van der Waals surface area contributed by atoms with Crippen LogP contribution in [0.25, 0.3) is 0 Å². The Kier molecular flexibility index (Phi) is 7.42. The van der Waals surface area contributed by atoms with Crippen molar-refractivity contribution >= 4 is 6.92 Å². The van der Waals surface area contributed by atoms with E-state index in [4.69, 9.17) is 4.65 Å². The van der Waals surface area contributed by atoms with Crippen LogP contribution in [0.5, 0.6) is 0 Å². The minimum atomic E-state index is -0.0208. The van der Waals surface area contributed by atoms with Gasteiger partial charge in [-0.05, 0) is 59.0 Å². The molecule has 0 aliphatic rings. The molecule has 1 unspecified atom stereocenters. The Bertz CT molecular complexity index is 204. The molecule has 0 heterocycles. The Morgan fingerprint density at radius 3 is 2.06 bits per heavy atom. The molecule has 0 amide bonds. The third-order valence-corrected chi connectivity index (χ3v) is 3.91. The molecule has 17 heavy (non-hydrogen) atoms. The lowest BCUT2D eigenvalue weighted by molar-refractivity contribution is 0.0540. The zero-order chi connectivity index (χ0) is 13.6. The molecule has 0 aliphatic carbocycles. The molecular weight excluding hydrogens is 209 g/mol. The molecule has 3 heteroatoms. The molecule has 1 atom stereocenters. The van der Waals surface area contributed by atoms with Gasteiger partial charge in [0.05, 0.1) is 0 Å². The summed E-state index contributed by atoms with van der Waals surface area (Å²) in [6, 6.07) is 0. The van der Waals surface area contributed by atoms with E-state index in [1.54, 1.807) is 0 Å². The van der Waals surface area contributed by atoms with E-state index in [1.807, 2.05) is 0 Å². The number of hydrogen-bond donors (Lipinski definition) is 0. The third-order valence-electron chi connectivity index (χ3n) is 3.91. The molecule has 0 aromatic heterocycles. The Morgan fingerprint density at radius 1 is 1.18 bits per heavy atom. The minimum absolute atomic E-state index is 0.0208. The molecule has 0 aliphatic heterocycles. The van der Waals surface area contributed by atoms with Gasteiger partial charge < -0.3 is 9.55 Å². The molecule has 0 aromatic carbocycles. The van der Waals surface area contributed by atoms with Gasteiger partial charge >= 0.3 is 0 Å². The van der Waals surface area contributed by atoms with Gasteiger partial charge in [-0.3, -0.25) is 0 Å².